The minimum Gasteiger partial charge on any atom is -0.496 e. The van der Waals surface area contributed by atoms with Crippen molar-refractivity contribution in [2.45, 2.75) is 37.0 Å². The van der Waals surface area contributed by atoms with Gasteiger partial charge in [0.15, 0.2) is 0 Å². The molecule has 9 nitrogen and oxygen atoms in total. The van der Waals surface area contributed by atoms with Crippen LogP contribution < -0.4 is 4.74 Å². The quantitative estimate of drug-likeness (QED) is 0.750. The summed E-state index contributed by atoms with van der Waals surface area (Å²) in [5, 5.41) is 6.66. The molecule has 0 atom stereocenters. The smallest absolute Gasteiger partial charge is 0.246 e. The SMILES string of the molecule is COc1ccc(S(=O)(=O)N2CCCN(S(=O)(=O)c3c(C)n[nH]c3C)CC2)cc1C. The first kappa shape index (κ1) is 21.8. The van der Waals surface area contributed by atoms with Crippen LogP contribution in [0.2, 0.25) is 0 Å². The molecule has 1 aromatic heterocycles. The van der Waals surface area contributed by atoms with E-state index in [1.165, 1.54) is 21.8 Å². The van der Waals surface area contributed by atoms with Gasteiger partial charge in [-0.15, -0.1) is 0 Å². The molecular weight excluding hydrogens is 416 g/mol. The Morgan fingerprint density at radius 2 is 1.59 bits per heavy atom. The maximum Gasteiger partial charge on any atom is 0.246 e. The molecule has 1 saturated heterocycles. The first-order valence-electron chi connectivity index (χ1n) is 9.25. The van der Waals surface area contributed by atoms with Crippen LogP contribution in [0.3, 0.4) is 0 Å². The van der Waals surface area contributed by atoms with E-state index in [1.807, 2.05) is 0 Å². The molecular formula is C18H26N4O5S2. The highest BCUT2D eigenvalue weighted by Crippen LogP contribution is 2.26. The minimum atomic E-state index is -3.75. The predicted octanol–water partition coefficient (Wildman–Crippen LogP) is 1.43. The van der Waals surface area contributed by atoms with Gasteiger partial charge in [0.1, 0.15) is 10.6 Å². The lowest BCUT2D eigenvalue weighted by Crippen LogP contribution is -2.37. The molecule has 11 heteroatoms. The van der Waals surface area contributed by atoms with Crippen molar-refractivity contribution in [1.29, 1.82) is 0 Å². The van der Waals surface area contributed by atoms with Gasteiger partial charge < -0.3 is 4.74 Å². The molecule has 160 valence electrons. The topological polar surface area (TPSA) is 113 Å². The summed E-state index contributed by atoms with van der Waals surface area (Å²) in [6.07, 6.45) is 0.406. The third kappa shape index (κ3) is 4.04. The van der Waals surface area contributed by atoms with Gasteiger partial charge in [-0.1, -0.05) is 0 Å². The fourth-order valence-corrected chi connectivity index (χ4v) is 6.92. The third-order valence-electron chi connectivity index (χ3n) is 5.08. The van der Waals surface area contributed by atoms with Gasteiger partial charge in [-0.05, 0) is 51.0 Å². The van der Waals surface area contributed by atoms with Crippen molar-refractivity contribution in [2.75, 3.05) is 33.3 Å². The third-order valence-corrected chi connectivity index (χ3v) is 9.13. The summed E-state index contributed by atoms with van der Waals surface area (Å²) < 4.78 is 60.2. The summed E-state index contributed by atoms with van der Waals surface area (Å²) >= 11 is 0. The standard InChI is InChI=1S/C18H26N4O5S2/c1-13-12-16(6-7-17(13)27-4)28(23,24)21-8-5-9-22(11-10-21)29(25,26)18-14(2)19-20-15(18)3/h6-7,12H,5,8-11H2,1-4H3,(H,19,20). The maximum absolute atomic E-state index is 13.1. The van der Waals surface area contributed by atoms with Gasteiger partial charge in [0, 0.05) is 26.2 Å². The Morgan fingerprint density at radius 3 is 2.10 bits per heavy atom. The lowest BCUT2D eigenvalue weighted by atomic mass is 10.2. The predicted molar refractivity (Wildman–Crippen MR) is 108 cm³/mol. The van der Waals surface area contributed by atoms with Crippen molar-refractivity contribution >= 4 is 20.0 Å². The number of H-pyrrole nitrogens is 1. The van der Waals surface area contributed by atoms with E-state index in [9.17, 15) is 16.8 Å². The second-order valence-electron chi connectivity index (χ2n) is 7.06. The molecule has 3 rings (SSSR count). The van der Waals surface area contributed by atoms with Gasteiger partial charge in [0.2, 0.25) is 20.0 Å². The Labute approximate surface area is 171 Å². The van der Waals surface area contributed by atoms with Crippen LogP contribution in [-0.4, -0.2) is 68.9 Å². The average Bonchev–Trinajstić information content (AvgIpc) is 2.86. The highest BCUT2D eigenvalue weighted by Gasteiger charge is 2.34. The molecule has 0 radical (unpaired) electrons. The number of rotatable bonds is 5. The molecule has 1 aliphatic heterocycles. The van der Waals surface area contributed by atoms with E-state index >= 15 is 0 Å². The molecule has 2 heterocycles. The Kier molecular flexibility index (Phi) is 6.04. The van der Waals surface area contributed by atoms with Crippen molar-refractivity contribution in [3.63, 3.8) is 0 Å². The average molecular weight is 443 g/mol. The summed E-state index contributed by atoms with van der Waals surface area (Å²) in [5.74, 6) is 0.614. The fraction of sp³-hybridized carbons (Fsp3) is 0.500. The maximum atomic E-state index is 13.1. The van der Waals surface area contributed by atoms with Crippen LogP contribution in [0.25, 0.3) is 0 Å². The van der Waals surface area contributed by atoms with E-state index in [-0.39, 0.29) is 36.0 Å². The van der Waals surface area contributed by atoms with Gasteiger partial charge in [-0.3, -0.25) is 5.10 Å². The number of sulfonamides is 2. The van der Waals surface area contributed by atoms with Crippen LogP contribution in [0.1, 0.15) is 23.4 Å². The zero-order chi connectivity index (χ0) is 21.4. The van der Waals surface area contributed by atoms with Gasteiger partial charge >= 0.3 is 0 Å². The van der Waals surface area contributed by atoms with Crippen LogP contribution in [0.4, 0.5) is 0 Å². The molecule has 1 N–H and O–H groups in total. The first-order valence-corrected chi connectivity index (χ1v) is 12.1. The monoisotopic (exact) mass is 442 g/mol. The number of nitrogens with one attached hydrogen (secondary N) is 1. The number of aromatic amines is 1. The molecule has 0 bridgehead atoms. The molecule has 1 aliphatic rings. The number of hydrogen-bond acceptors (Lipinski definition) is 6. The Bertz CT molecular complexity index is 1090. The van der Waals surface area contributed by atoms with Crippen molar-refractivity contribution in [1.82, 2.24) is 18.8 Å². The number of nitrogens with zero attached hydrogens (tertiary/aromatic N) is 3. The molecule has 2 aromatic rings. The molecule has 0 aliphatic carbocycles. The van der Waals surface area contributed by atoms with E-state index in [0.717, 1.165) is 5.56 Å². The van der Waals surface area contributed by atoms with Crippen LogP contribution in [0.5, 0.6) is 5.75 Å². The summed E-state index contributed by atoms with van der Waals surface area (Å²) in [4.78, 5) is 0.341. The number of aryl methyl sites for hydroxylation is 3. The van der Waals surface area contributed by atoms with Crippen molar-refractivity contribution in [3.8, 4) is 5.75 Å². The van der Waals surface area contributed by atoms with Gasteiger partial charge in [-0.25, -0.2) is 16.8 Å². The van der Waals surface area contributed by atoms with Crippen molar-refractivity contribution < 1.29 is 21.6 Å². The van der Waals surface area contributed by atoms with E-state index in [4.69, 9.17) is 4.74 Å². The lowest BCUT2D eigenvalue weighted by molar-refractivity contribution is 0.403. The van der Waals surface area contributed by atoms with Crippen LogP contribution in [0, 0.1) is 20.8 Å². The van der Waals surface area contributed by atoms with E-state index in [1.54, 1.807) is 32.9 Å². The summed E-state index contributed by atoms with van der Waals surface area (Å²) in [6.45, 7) is 5.75. The Balaban J connectivity index is 1.83. The zero-order valence-electron chi connectivity index (χ0n) is 17.0. The molecule has 0 saturated carbocycles. The highest BCUT2D eigenvalue weighted by atomic mass is 32.2. The number of ether oxygens (including phenoxy) is 1. The number of aromatic nitrogens is 2. The second-order valence-corrected chi connectivity index (χ2v) is 10.9. The Hall–Kier alpha value is -1.95. The van der Waals surface area contributed by atoms with Crippen molar-refractivity contribution in [2.24, 2.45) is 0 Å². The Morgan fingerprint density at radius 1 is 0.966 bits per heavy atom. The summed E-state index contributed by atoms with van der Waals surface area (Å²) in [5.41, 5.74) is 1.60. The van der Waals surface area contributed by atoms with Crippen LogP contribution in [0.15, 0.2) is 28.0 Å². The van der Waals surface area contributed by atoms with Gasteiger partial charge in [0.25, 0.3) is 0 Å². The molecule has 1 fully saturated rings. The largest absolute Gasteiger partial charge is 0.496 e. The lowest BCUT2D eigenvalue weighted by Gasteiger charge is -2.22. The number of benzene rings is 1. The molecule has 29 heavy (non-hydrogen) atoms. The van der Waals surface area contributed by atoms with E-state index in [0.29, 0.717) is 23.6 Å². The molecule has 1 aromatic carbocycles. The summed E-state index contributed by atoms with van der Waals surface area (Å²) in [6, 6.07) is 4.71. The number of hydrogen-bond donors (Lipinski definition) is 1. The van der Waals surface area contributed by atoms with Gasteiger partial charge in [-0.2, -0.15) is 13.7 Å². The summed E-state index contributed by atoms with van der Waals surface area (Å²) in [7, 11) is -5.95. The van der Waals surface area contributed by atoms with E-state index in [2.05, 4.69) is 10.2 Å². The minimum absolute atomic E-state index is 0.0841. The molecule has 0 unspecified atom stereocenters. The zero-order valence-corrected chi connectivity index (χ0v) is 18.6. The normalized spacial score (nSPS) is 17.2. The van der Waals surface area contributed by atoms with E-state index < -0.39 is 20.0 Å². The molecule has 0 spiro atoms. The second kappa shape index (κ2) is 8.05. The van der Waals surface area contributed by atoms with Crippen LogP contribution in [-0.2, 0) is 20.0 Å². The molecule has 0 amide bonds. The number of methoxy groups -OCH3 is 1. The van der Waals surface area contributed by atoms with Gasteiger partial charge in [0.05, 0.1) is 23.4 Å². The van der Waals surface area contributed by atoms with Crippen LogP contribution >= 0.6 is 0 Å². The highest BCUT2D eigenvalue weighted by molar-refractivity contribution is 7.89. The fourth-order valence-electron chi connectivity index (χ4n) is 3.56. The van der Waals surface area contributed by atoms with Crippen molar-refractivity contribution in [3.05, 3.63) is 35.2 Å². The first-order chi connectivity index (χ1) is 13.6.